The second kappa shape index (κ2) is 14.2. The fraction of sp³-hybridized carbons (Fsp3) is 0.263. The molecule has 0 bridgehead atoms. The summed E-state index contributed by atoms with van der Waals surface area (Å²) < 4.78 is 28.0. The van der Waals surface area contributed by atoms with Gasteiger partial charge in [-0.2, -0.15) is 0 Å². The lowest BCUT2D eigenvalue weighted by molar-refractivity contribution is -0.125. The molecule has 50 heavy (non-hydrogen) atoms. The number of amides is 5. The van der Waals surface area contributed by atoms with Gasteiger partial charge in [0, 0.05) is 22.8 Å². The van der Waals surface area contributed by atoms with Crippen LogP contribution >= 0.6 is 0 Å². The average molecular weight is 696 g/mol. The molecule has 1 aliphatic heterocycles. The van der Waals surface area contributed by atoms with Crippen LogP contribution < -0.4 is 25.2 Å². The number of hydrogen-bond acceptors (Lipinski definition) is 6. The maximum atomic E-state index is 14.8. The molecule has 1 heterocycles. The Morgan fingerprint density at radius 2 is 1.58 bits per heavy atom. The molecule has 4 aromatic carbocycles. The van der Waals surface area contributed by atoms with Crippen molar-refractivity contribution in [3.63, 3.8) is 0 Å². The number of carbonyl (C=O) groups is 4. The molecule has 2 atom stereocenters. The first kappa shape index (κ1) is 35.8. The van der Waals surface area contributed by atoms with Gasteiger partial charge in [0.25, 0.3) is 15.9 Å². The summed E-state index contributed by atoms with van der Waals surface area (Å²) in [6, 6.07) is 25.0. The zero-order valence-electron chi connectivity index (χ0n) is 28.7. The van der Waals surface area contributed by atoms with Crippen molar-refractivity contribution in [3.8, 4) is 0 Å². The Balaban J connectivity index is 1.66. The van der Waals surface area contributed by atoms with Crippen molar-refractivity contribution < 1.29 is 27.6 Å². The number of hydrogen-bond donors (Lipinski definition) is 2. The van der Waals surface area contributed by atoms with Crippen LogP contribution in [0.1, 0.15) is 55.4 Å². The number of rotatable bonds is 9. The van der Waals surface area contributed by atoms with Gasteiger partial charge in [0.1, 0.15) is 12.6 Å². The SMILES string of the molecule is Cc1ccc2c(c1)N(CC(=O)NC(C)(C)C)C(=O)C(N(C(N)=O)c1cccc(N(C=O)S(=O)(=O)c3ccccc3C)c1)CC2c1ccccc1. The van der Waals surface area contributed by atoms with Gasteiger partial charge in [-0.1, -0.05) is 66.7 Å². The van der Waals surface area contributed by atoms with E-state index in [1.54, 1.807) is 25.1 Å². The van der Waals surface area contributed by atoms with Crippen molar-refractivity contribution >= 4 is 51.3 Å². The van der Waals surface area contributed by atoms with Crippen LogP contribution in [0.25, 0.3) is 0 Å². The van der Waals surface area contributed by atoms with Crippen LogP contribution in [0, 0.1) is 13.8 Å². The van der Waals surface area contributed by atoms with E-state index < -0.39 is 45.4 Å². The molecule has 5 amide bonds. The standard InChI is InChI=1S/C38H41N5O6S/c1-25-18-19-30-31(27-13-7-6-8-14-27)22-33(36(46)41(32(30)20-25)23-35(45)40-38(3,4)5)43(37(39)47)29-16-11-15-28(21-29)42(24-44)50(48,49)34-17-10-9-12-26(34)2/h6-21,24,31,33H,22-23H2,1-5H3,(H2,39,47)(H,40,45). The molecule has 0 spiro atoms. The van der Waals surface area contributed by atoms with Crippen molar-refractivity contribution in [1.82, 2.24) is 5.32 Å². The normalized spacial score (nSPS) is 16.2. The first-order valence-electron chi connectivity index (χ1n) is 16.1. The lowest BCUT2D eigenvalue weighted by atomic mass is 9.85. The highest BCUT2D eigenvalue weighted by molar-refractivity contribution is 7.93. The molecule has 5 rings (SSSR count). The van der Waals surface area contributed by atoms with Crippen molar-refractivity contribution in [3.05, 3.63) is 119 Å². The van der Waals surface area contributed by atoms with E-state index in [4.69, 9.17) is 5.73 Å². The predicted molar refractivity (Wildman–Crippen MR) is 194 cm³/mol. The molecule has 0 fully saturated rings. The summed E-state index contributed by atoms with van der Waals surface area (Å²) in [4.78, 5) is 56.5. The molecule has 4 aromatic rings. The summed E-state index contributed by atoms with van der Waals surface area (Å²) in [7, 11) is -4.35. The van der Waals surface area contributed by atoms with Gasteiger partial charge in [-0.15, -0.1) is 0 Å². The monoisotopic (exact) mass is 695 g/mol. The fourth-order valence-corrected chi connectivity index (χ4v) is 7.80. The first-order valence-corrected chi connectivity index (χ1v) is 17.6. The molecular formula is C38H41N5O6S. The third-order valence-corrected chi connectivity index (χ3v) is 10.3. The lowest BCUT2D eigenvalue weighted by Gasteiger charge is -2.33. The van der Waals surface area contributed by atoms with Gasteiger partial charge in [-0.25, -0.2) is 17.5 Å². The Morgan fingerprint density at radius 1 is 0.920 bits per heavy atom. The lowest BCUT2D eigenvalue weighted by Crippen LogP contribution is -2.55. The molecular weight excluding hydrogens is 655 g/mol. The van der Waals surface area contributed by atoms with E-state index in [9.17, 15) is 27.6 Å². The van der Waals surface area contributed by atoms with Crippen LogP contribution in [0.4, 0.5) is 21.9 Å². The minimum absolute atomic E-state index is 0.0620. The van der Waals surface area contributed by atoms with E-state index >= 15 is 0 Å². The quantitative estimate of drug-likeness (QED) is 0.224. The van der Waals surface area contributed by atoms with E-state index in [1.165, 1.54) is 35.2 Å². The number of aryl methyl sites for hydroxylation is 2. The number of fused-ring (bicyclic) bond motifs is 1. The van der Waals surface area contributed by atoms with Crippen LogP contribution in [-0.2, 0) is 24.4 Å². The summed E-state index contributed by atoms with van der Waals surface area (Å²) in [5.41, 5.74) is 9.01. The van der Waals surface area contributed by atoms with Gasteiger partial charge in [-0.3, -0.25) is 19.3 Å². The molecule has 260 valence electrons. The molecule has 0 radical (unpaired) electrons. The van der Waals surface area contributed by atoms with Gasteiger partial charge in [0.2, 0.25) is 12.3 Å². The van der Waals surface area contributed by atoms with E-state index in [0.29, 0.717) is 15.6 Å². The van der Waals surface area contributed by atoms with Crippen LogP contribution in [0.3, 0.4) is 0 Å². The van der Waals surface area contributed by atoms with Crippen molar-refractivity contribution in [2.75, 3.05) is 20.6 Å². The number of urea groups is 1. The molecule has 0 aromatic heterocycles. The second-order valence-electron chi connectivity index (χ2n) is 13.4. The number of anilines is 3. The Hall–Kier alpha value is -5.49. The minimum Gasteiger partial charge on any atom is -0.351 e. The third kappa shape index (κ3) is 7.40. The minimum atomic E-state index is -4.35. The molecule has 11 nitrogen and oxygen atoms in total. The van der Waals surface area contributed by atoms with Gasteiger partial charge >= 0.3 is 6.03 Å². The first-order chi connectivity index (χ1) is 23.6. The van der Waals surface area contributed by atoms with E-state index in [1.807, 2.05) is 76.2 Å². The highest BCUT2D eigenvalue weighted by atomic mass is 32.2. The molecule has 0 aliphatic carbocycles. The second-order valence-corrected chi connectivity index (χ2v) is 15.2. The Labute approximate surface area is 292 Å². The zero-order chi connectivity index (χ0) is 36.4. The van der Waals surface area contributed by atoms with E-state index in [2.05, 4.69) is 5.32 Å². The maximum Gasteiger partial charge on any atom is 0.320 e. The van der Waals surface area contributed by atoms with Crippen LogP contribution in [0.15, 0.2) is 102 Å². The Morgan fingerprint density at radius 3 is 2.22 bits per heavy atom. The van der Waals surface area contributed by atoms with Gasteiger partial charge in [0.05, 0.1) is 10.6 Å². The van der Waals surface area contributed by atoms with Gasteiger partial charge in [0.15, 0.2) is 0 Å². The van der Waals surface area contributed by atoms with Crippen molar-refractivity contribution in [2.24, 2.45) is 5.73 Å². The summed E-state index contributed by atoms with van der Waals surface area (Å²) in [6.07, 6.45) is 0.272. The number of nitrogens with zero attached hydrogens (tertiary/aromatic N) is 3. The van der Waals surface area contributed by atoms with E-state index in [0.717, 1.165) is 21.6 Å². The summed E-state index contributed by atoms with van der Waals surface area (Å²) in [5, 5.41) is 2.92. The largest absolute Gasteiger partial charge is 0.351 e. The van der Waals surface area contributed by atoms with E-state index in [-0.39, 0.29) is 35.6 Å². The maximum absolute atomic E-state index is 14.8. The Kier molecular flexibility index (Phi) is 10.1. The van der Waals surface area contributed by atoms with Crippen LogP contribution in [0.2, 0.25) is 0 Å². The highest BCUT2D eigenvalue weighted by Gasteiger charge is 2.42. The molecule has 0 saturated heterocycles. The number of primary amides is 1. The fourth-order valence-electron chi connectivity index (χ4n) is 6.36. The van der Waals surface area contributed by atoms with Crippen LogP contribution in [-0.4, -0.2) is 50.8 Å². The molecule has 2 unspecified atom stereocenters. The van der Waals surface area contributed by atoms with Crippen molar-refractivity contribution in [2.45, 2.75) is 63.4 Å². The topological polar surface area (TPSA) is 150 Å². The van der Waals surface area contributed by atoms with Gasteiger partial charge in [-0.05, 0) is 93.6 Å². The molecule has 12 heteroatoms. The molecule has 1 aliphatic rings. The summed E-state index contributed by atoms with van der Waals surface area (Å²) in [6.45, 7) is 8.70. The smallest absolute Gasteiger partial charge is 0.320 e. The number of sulfonamides is 1. The average Bonchev–Trinajstić information content (AvgIpc) is 3.15. The number of nitrogens with two attached hydrogens (primary N) is 1. The highest BCUT2D eigenvalue weighted by Crippen LogP contribution is 2.42. The molecule has 0 saturated carbocycles. The number of carbonyl (C=O) groups excluding carboxylic acids is 4. The molecule has 3 N–H and O–H groups in total. The third-order valence-electron chi connectivity index (χ3n) is 8.52. The van der Waals surface area contributed by atoms with Gasteiger partial charge < -0.3 is 16.0 Å². The number of nitrogens with one attached hydrogen (secondary N) is 1. The number of benzene rings is 4. The van der Waals surface area contributed by atoms with Crippen molar-refractivity contribution in [1.29, 1.82) is 0 Å². The summed E-state index contributed by atoms with van der Waals surface area (Å²) in [5.74, 6) is -1.36. The zero-order valence-corrected chi connectivity index (χ0v) is 29.5. The van der Waals surface area contributed by atoms with Crippen LogP contribution in [0.5, 0.6) is 0 Å². The predicted octanol–water partition coefficient (Wildman–Crippen LogP) is 5.39. The Bertz CT molecular complexity index is 2040. The summed E-state index contributed by atoms with van der Waals surface area (Å²) >= 11 is 0.